The van der Waals surface area contributed by atoms with Gasteiger partial charge in [0.15, 0.2) is 5.96 Å². The summed E-state index contributed by atoms with van der Waals surface area (Å²) in [5, 5.41) is 3.50. The summed E-state index contributed by atoms with van der Waals surface area (Å²) in [6, 6.07) is -0.0127. The first kappa shape index (κ1) is 18.5. The number of carbonyl (C=O) groups excluding carboxylic acids is 1. The lowest BCUT2D eigenvalue weighted by atomic mass is 9.89. The molecule has 0 saturated carbocycles. The number of nitrogens with one attached hydrogen (secondary N) is 1. The van der Waals surface area contributed by atoms with E-state index >= 15 is 0 Å². The Morgan fingerprint density at radius 2 is 1.76 bits per heavy atom. The molecule has 3 rings (SSSR count). The lowest BCUT2D eigenvalue weighted by Gasteiger charge is -2.42. The van der Waals surface area contributed by atoms with Gasteiger partial charge in [-0.05, 0) is 19.8 Å². The van der Waals surface area contributed by atoms with Gasteiger partial charge in [-0.3, -0.25) is 14.7 Å². The van der Waals surface area contributed by atoms with Gasteiger partial charge in [-0.2, -0.15) is 0 Å². The van der Waals surface area contributed by atoms with Crippen LogP contribution in [0.25, 0.3) is 0 Å². The molecule has 1 atom stereocenters. The smallest absolute Gasteiger partial charge is 0.239 e. The molecule has 3 fully saturated rings. The number of hydrogen-bond donors (Lipinski definition) is 1. The fourth-order valence-corrected chi connectivity index (χ4v) is 3.86. The van der Waals surface area contributed by atoms with Gasteiger partial charge in [0, 0.05) is 58.3 Å². The molecule has 0 aliphatic carbocycles. The van der Waals surface area contributed by atoms with Crippen molar-refractivity contribution in [3.63, 3.8) is 0 Å². The third-order valence-electron chi connectivity index (χ3n) is 5.72. The molecule has 0 bridgehead atoms. The number of carbonyl (C=O) groups is 1. The number of rotatable bonds is 4. The topological polar surface area (TPSA) is 60.4 Å². The van der Waals surface area contributed by atoms with Crippen molar-refractivity contribution >= 4 is 11.9 Å². The molecule has 0 aromatic heterocycles. The van der Waals surface area contributed by atoms with E-state index in [0.29, 0.717) is 5.91 Å². The number of ether oxygens (including phenoxy) is 1. The Morgan fingerprint density at radius 3 is 2.28 bits per heavy atom. The molecule has 3 aliphatic rings. The number of likely N-dealkylation sites (tertiary alicyclic amines) is 1. The SMILES string of the molecule is CN=C(NCC1(C)COC1)N1CCN(C(C)C(=O)N2CCCC2)CC1. The first-order valence-electron chi connectivity index (χ1n) is 9.59. The minimum Gasteiger partial charge on any atom is -0.380 e. The van der Waals surface area contributed by atoms with Crippen LogP contribution in [0.5, 0.6) is 0 Å². The average Bonchev–Trinajstić information content (AvgIpc) is 3.14. The summed E-state index contributed by atoms with van der Waals surface area (Å²) in [6.45, 7) is 12.3. The highest BCUT2D eigenvalue weighted by Gasteiger charge is 2.34. The Hall–Kier alpha value is -1.34. The van der Waals surface area contributed by atoms with E-state index in [1.807, 2.05) is 11.9 Å². The number of aliphatic imine (C=N–C) groups is 1. The van der Waals surface area contributed by atoms with E-state index in [4.69, 9.17) is 4.74 Å². The fourth-order valence-electron chi connectivity index (χ4n) is 3.86. The van der Waals surface area contributed by atoms with Crippen LogP contribution in [0.2, 0.25) is 0 Å². The van der Waals surface area contributed by atoms with Gasteiger partial charge < -0.3 is 19.9 Å². The van der Waals surface area contributed by atoms with E-state index in [2.05, 4.69) is 34.0 Å². The first-order valence-corrected chi connectivity index (χ1v) is 9.59. The van der Waals surface area contributed by atoms with Crippen LogP contribution >= 0.6 is 0 Å². The number of amides is 1. The maximum atomic E-state index is 12.6. The molecule has 0 spiro atoms. The number of nitrogens with zero attached hydrogens (tertiary/aromatic N) is 4. The van der Waals surface area contributed by atoms with E-state index in [-0.39, 0.29) is 11.5 Å². The molecule has 25 heavy (non-hydrogen) atoms. The third kappa shape index (κ3) is 4.26. The highest BCUT2D eigenvalue weighted by Crippen LogP contribution is 2.25. The minimum atomic E-state index is -0.0127. The van der Waals surface area contributed by atoms with Crippen LogP contribution in [0.3, 0.4) is 0 Å². The summed E-state index contributed by atoms with van der Waals surface area (Å²) in [6.07, 6.45) is 2.30. The standard InChI is InChI=1S/C18H33N5O2/c1-15(16(24)22-6-4-5-7-22)21-8-10-23(11-9-21)17(19-3)20-12-18(2)13-25-14-18/h15H,4-14H2,1-3H3,(H,19,20). The van der Waals surface area contributed by atoms with Crippen molar-refractivity contribution in [2.24, 2.45) is 10.4 Å². The Morgan fingerprint density at radius 1 is 1.12 bits per heavy atom. The maximum Gasteiger partial charge on any atom is 0.239 e. The summed E-state index contributed by atoms with van der Waals surface area (Å²) in [5.74, 6) is 1.26. The Kier molecular flexibility index (Phi) is 5.84. The van der Waals surface area contributed by atoms with Crippen LogP contribution < -0.4 is 5.32 Å². The second-order valence-corrected chi connectivity index (χ2v) is 7.94. The number of piperazine rings is 1. The molecule has 3 saturated heterocycles. The summed E-state index contributed by atoms with van der Waals surface area (Å²) in [4.78, 5) is 23.7. The molecule has 1 unspecified atom stereocenters. The highest BCUT2D eigenvalue weighted by molar-refractivity contribution is 5.82. The predicted octanol–water partition coefficient (Wildman–Crippen LogP) is 0.227. The molecule has 142 valence electrons. The first-order chi connectivity index (χ1) is 12.0. The molecule has 7 nitrogen and oxygen atoms in total. The number of hydrogen-bond acceptors (Lipinski definition) is 4. The Balaban J connectivity index is 1.46. The van der Waals surface area contributed by atoms with E-state index < -0.39 is 0 Å². The lowest BCUT2D eigenvalue weighted by Crippen LogP contribution is -2.58. The van der Waals surface area contributed by atoms with Crippen LogP contribution in [-0.4, -0.2) is 98.7 Å². The summed E-state index contributed by atoms with van der Waals surface area (Å²) < 4.78 is 5.32. The molecule has 3 heterocycles. The highest BCUT2D eigenvalue weighted by atomic mass is 16.5. The van der Waals surface area contributed by atoms with E-state index in [0.717, 1.165) is 77.8 Å². The molecular formula is C18H33N5O2. The zero-order valence-corrected chi connectivity index (χ0v) is 16.0. The van der Waals surface area contributed by atoms with Crippen molar-refractivity contribution in [1.29, 1.82) is 0 Å². The average molecular weight is 351 g/mol. The molecule has 3 aliphatic heterocycles. The van der Waals surface area contributed by atoms with Gasteiger partial charge in [0.05, 0.1) is 19.3 Å². The van der Waals surface area contributed by atoms with E-state index in [9.17, 15) is 4.79 Å². The monoisotopic (exact) mass is 351 g/mol. The largest absolute Gasteiger partial charge is 0.380 e. The van der Waals surface area contributed by atoms with Crippen molar-refractivity contribution in [3.8, 4) is 0 Å². The molecular weight excluding hydrogens is 318 g/mol. The van der Waals surface area contributed by atoms with Gasteiger partial charge in [-0.1, -0.05) is 6.92 Å². The third-order valence-corrected chi connectivity index (χ3v) is 5.72. The zero-order chi connectivity index (χ0) is 17.9. The molecule has 7 heteroatoms. The van der Waals surface area contributed by atoms with E-state index in [1.54, 1.807) is 0 Å². The van der Waals surface area contributed by atoms with Crippen LogP contribution in [0.4, 0.5) is 0 Å². The van der Waals surface area contributed by atoms with Crippen LogP contribution in [0, 0.1) is 5.41 Å². The van der Waals surface area contributed by atoms with Gasteiger partial charge in [-0.15, -0.1) is 0 Å². The second-order valence-electron chi connectivity index (χ2n) is 7.94. The zero-order valence-electron chi connectivity index (χ0n) is 16.0. The fraction of sp³-hybridized carbons (Fsp3) is 0.889. The van der Waals surface area contributed by atoms with Gasteiger partial charge in [0.1, 0.15) is 0 Å². The normalized spacial score (nSPS) is 25.6. The van der Waals surface area contributed by atoms with Crippen LogP contribution in [-0.2, 0) is 9.53 Å². The molecule has 1 amide bonds. The summed E-state index contributed by atoms with van der Waals surface area (Å²) >= 11 is 0. The molecule has 1 N–H and O–H groups in total. The van der Waals surface area contributed by atoms with Crippen LogP contribution in [0.1, 0.15) is 26.7 Å². The van der Waals surface area contributed by atoms with Crippen molar-refractivity contribution in [3.05, 3.63) is 0 Å². The van der Waals surface area contributed by atoms with Crippen molar-refractivity contribution in [2.75, 3.05) is 66.1 Å². The lowest BCUT2D eigenvalue weighted by molar-refractivity contribution is -0.135. The molecule has 0 aromatic carbocycles. The summed E-state index contributed by atoms with van der Waals surface area (Å²) in [5.41, 5.74) is 0.231. The minimum absolute atomic E-state index is 0.0127. The van der Waals surface area contributed by atoms with Gasteiger partial charge in [-0.25, -0.2) is 0 Å². The Bertz CT molecular complexity index is 492. The summed E-state index contributed by atoms with van der Waals surface area (Å²) in [7, 11) is 1.84. The quantitative estimate of drug-likeness (QED) is 0.580. The Labute approximate surface area is 151 Å². The predicted molar refractivity (Wildman–Crippen MR) is 98.7 cm³/mol. The van der Waals surface area contributed by atoms with Crippen LogP contribution in [0.15, 0.2) is 4.99 Å². The van der Waals surface area contributed by atoms with Gasteiger partial charge in [0.2, 0.25) is 5.91 Å². The van der Waals surface area contributed by atoms with Crippen molar-refractivity contribution in [2.45, 2.75) is 32.7 Å². The second kappa shape index (κ2) is 7.91. The van der Waals surface area contributed by atoms with E-state index in [1.165, 1.54) is 0 Å². The number of guanidine groups is 1. The molecule has 0 aromatic rings. The van der Waals surface area contributed by atoms with Gasteiger partial charge >= 0.3 is 0 Å². The van der Waals surface area contributed by atoms with Crippen molar-refractivity contribution in [1.82, 2.24) is 20.0 Å². The molecule has 0 radical (unpaired) electrons. The van der Waals surface area contributed by atoms with Gasteiger partial charge in [0.25, 0.3) is 0 Å². The van der Waals surface area contributed by atoms with Crippen molar-refractivity contribution < 1.29 is 9.53 Å². The maximum absolute atomic E-state index is 12.6.